The number of nitrogens with one attached hydrogen (secondary N) is 1. The molecule has 0 fully saturated rings. The van der Waals surface area contributed by atoms with Crippen molar-refractivity contribution in [2.45, 2.75) is 6.61 Å². The maximum Gasteiger partial charge on any atom is 0.216 e. The average molecular weight is 447 g/mol. The van der Waals surface area contributed by atoms with Crippen LogP contribution in [-0.2, 0) is 6.61 Å². The Morgan fingerprint density at radius 2 is 1.81 bits per heavy atom. The fourth-order valence-corrected chi connectivity index (χ4v) is 3.27. The first-order valence-electron chi connectivity index (χ1n) is 9.89. The fraction of sp³-hybridized carbons (Fsp3) is 0.125. The van der Waals surface area contributed by atoms with Gasteiger partial charge < -0.3 is 14.2 Å². The second-order valence-electron chi connectivity index (χ2n) is 6.83. The Balaban J connectivity index is 1.60. The molecule has 0 radical (unpaired) electrons. The minimum absolute atomic E-state index is 0.383. The second-order valence-corrected chi connectivity index (χ2v) is 7.21. The Kier molecular flexibility index (Phi) is 6.62. The summed E-state index contributed by atoms with van der Waals surface area (Å²) < 4.78 is 18.7. The molecular weight excluding hydrogens is 424 g/mol. The number of hydrogen-bond donors (Lipinski definition) is 1. The first-order valence-corrected chi connectivity index (χ1v) is 10.3. The maximum atomic E-state index is 5.99. The zero-order valence-corrected chi connectivity index (χ0v) is 18.5. The molecule has 3 aromatic carbocycles. The summed E-state index contributed by atoms with van der Waals surface area (Å²) in [7, 11) is 3.24. The van der Waals surface area contributed by atoms with Crippen LogP contribution in [0.15, 0.2) is 77.9 Å². The number of aromatic nitrogens is 3. The summed E-state index contributed by atoms with van der Waals surface area (Å²) in [5, 5.41) is 11.6. The molecule has 7 nitrogen and oxygen atoms in total. The van der Waals surface area contributed by atoms with Crippen LogP contribution in [0, 0.1) is 4.77 Å². The molecule has 0 saturated heterocycles. The molecule has 1 heterocycles. The van der Waals surface area contributed by atoms with E-state index in [9.17, 15) is 0 Å². The van der Waals surface area contributed by atoms with Crippen molar-refractivity contribution in [3.8, 4) is 28.6 Å². The third-order valence-corrected chi connectivity index (χ3v) is 4.99. The quantitative estimate of drug-likeness (QED) is 0.302. The van der Waals surface area contributed by atoms with Crippen LogP contribution in [0.25, 0.3) is 11.4 Å². The third kappa shape index (κ3) is 4.87. The van der Waals surface area contributed by atoms with E-state index in [0.717, 1.165) is 22.4 Å². The van der Waals surface area contributed by atoms with E-state index in [0.29, 0.717) is 28.7 Å². The summed E-state index contributed by atoms with van der Waals surface area (Å²) >= 11 is 5.37. The molecule has 0 atom stereocenters. The van der Waals surface area contributed by atoms with Gasteiger partial charge in [0.1, 0.15) is 12.4 Å². The van der Waals surface area contributed by atoms with E-state index in [4.69, 9.17) is 26.4 Å². The van der Waals surface area contributed by atoms with Crippen LogP contribution < -0.4 is 14.2 Å². The molecule has 1 N–H and O–H groups in total. The van der Waals surface area contributed by atoms with Gasteiger partial charge in [0.25, 0.3) is 0 Å². The summed E-state index contributed by atoms with van der Waals surface area (Å²) in [6.45, 7) is 0.435. The lowest BCUT2D eigenvalue weighted by molar-refractivity contribution is 0.284. The van der Waals surface area contributed by atoms with Crippen molar-refractivity contribution in [1.29, 1.82) is 0 Å². The minimum Gasteiger partial charge on any atom is -0.497 e. The van der Waals surface area contributed by atoms with Gasteiger partial charge in [-0.1, -0.05) is 42.5 Å². The molecule has 0 saturated carbocycles. The molecule has 0 unspecified atom stereocenters. The molecule has 0 aliphatic rings. The number of nitrogens with zero attached hydrogens (tertiary/aromatic N) is 3. The van der Waals surface area contributed by atoms with E-state index in [-0.39, 0.29) is 0 Å². The molecule has 0 aliphatic heterocycles. The van der Waals surface area contributed by atoms with E-state index >= 15 is 0 Å². The average Bonchev–Trinajstić information content (AvgIpc) is 3.22. The SMILES string of the molecule is COc1cccc(-c2n[nH]c(=S)n2/N=C/c2ccc(OC)c(OCc3ccccc3)c2)c1. The van der Waals surface area contributed by atoms with Crippen LogP contribution in [0.4, 0.5) is 0 Å². The van der Waals surface area contributed by atoms with E-state index < -0.39 is 0 Å². The topological polar surface area (TPSA) is 73.7 Å². The molecule has 4 rings (SSSR count). The van der Waals surface area contributed by atoms with Gasteiger partial charge in [-0.25, -0.2) is 5.10 Å². The monoisotopic (exact) mass is 446 g/mol. The number of aromatic amines is 1. The van der Waals surface area contributed by atoms with Crippen molar-refractivity contribution in [3.05, 3.63) is 88.7 Å². The molecule has 32 heavy (non-hydrogen) atoms. The van der Waals surface area contributed by atoms with Crippen LogP contribution >= 0.6 is 12.2 Å². The zero-order chi connectivity index (χ0) is 22.3. The molecular formula is C24H22N4O3S. The molecule has 1 aromatic heterocycles. The summed E-state index contributed by atoms with van der Waals surface area (Å²) in [5.41, 5.74) is 2.73. The van der Waals surface area contributed by atoms with E-state index in [1.165, 1.54) is 0 Å². The van der Waals surface area contributed by atoms with Gasteiger partial charge in [-0.15, -0.1) is 0 Å². The molecule has 162 valence electrons. The van der Waals surface area contributed by atoms with Crippen molar-refractivity contribution in [3.63, 3.8) is 0 Å². The van der Waals surface area contributed by atoms with Crippen molar-refractivity contribution in [2.75, 3.05) is 14.2 Å². The molecule has 0 amide bonds. The van der Waals surface area contributed by atoms with Crippen molar-refractivity contribution in [2.24, 2.45) is 5.10 Å². The number of H-pyrrole nitrogens is 1. The predicted molar refractivity (Wildman–Crippen MR) is 126 cm³/mol. The Labute approximate surface area is 190 Å². The third-order valence-electron chi connectivity index (χ3n) is 4.73. The molecule has 0 bridgehead atoms. The van der Waals surface area contributed by atoms with Crippen molar-refractivity contribution in [1.82, 2.24) is 14.9 Å². The van der Waals surface area contributed by atoms with Crippen LogP contribution in [0.1, 0.15) is 11.1 Å². The number of methoxy groups -OCH3 is 2. The summed E-state index contributed by atoms with van der Waals surface area (Å²) in [5.74, 6) is 2.58. The second kappa shape index (κ2) is 9.93. The minimum atomic E-state index is 0.383. The Morgan fingerprint density at radius 1 is 0.969 bits per heavy atom. The highest BCUT2D eigenvalue weighted by atomic mass is 32.1. The zero-order valence-electron chi connectivity index (χ0n) is 17.7. The van der Waals surface area contributed by atoms with Gasteiger partial charge in [0.2, 0.25) is 4.77 Å². The number of ether oxygens (including phenoxy) is 3. The predicted octanol–water partition coefficient (Wildman–Crippen LogP) is 5.09. The van der Waals surface area contributed by atoms with Gasteiger partial charge in [0.15, 0.2) is 17.3 Å². The highest BCUT2D eigenvalue weighted by Crippen LogP contribution is 2.28. The molecule has 0 spiro atoms. The lowest BCUT2D eigenvalue weighted by atomic mass is 10.2. The number of rotatable bonds is 8. The lowest BCUT2D eigenvalue weighted by Crippen LogP contribution is -1.99. The lowest BCUT2D eigenvalue weighted by Gasteiger charge is -2.11. The van der Waals surface area contributed by atoms with Crippen molar-refractivity contribution >= 4 is 18.4 Å². The van der Waals surface area contributed by atoms with E-state index in [1.54, 1.807) is 25.1 Å². The molecule has 0 aliphatic carbocycles. The van der Waals surface area contributed by atoms with Gasteiger partial charge in [0, 0.05) is 5.56 Å². The van der Waals surface area contributed by atoms with Crippen LogP contribution in [0.3, 0.4) is 0 Å². The van der Waals surface area contributed by atoms with Crippen LogP contribution in [0.5, 0.6) is 17.2 Å². The normalized spacial score (nSPS) is 10.9. The van der Waals surface area contributed by atoms with Crippen LogP contribution in [0.2, 0.25) is 0 Å². The summed E-state index contributed by atoms with van der Waals surface area (Å²) in [6, 6.07) is 23.1. The first kappa shape index (κ1) is 21.3. The van der Waals surface area contributed by atoms with Gasteiger partial charge in [-0.2, -0.15) is 14.9 Å². The number of benzene rings is 3. The Morgan fingerprint density at radius 3 is 2.59 bits per heavy atom. The van der Waals surface area contributed by atoms with Gasteiger partial charge in [0.05, 0.1) is 20.4 Å². The van der Waals surface area contributed by atoms with Gasteiger partial charge >= 0.3 is 0 Å². The van der Waals surface area contributed by atoms with E-state index in [1.807, 2.05) is 72.8 Å². The van der Waals surface area contributed by atoms with Gasteiger partial charge in [-0.3, -0.25) is 0 Å². The van der Waals surface area contributed by atoms with Gasteiger partial charge in [-0.05, 0) is 53.7 Å². The number of hydrogen-bond acceptors (Lipinski definition) is 6. The smallest absolute Gasteiger partial charge is 0.216 e. The first-order chi connectivity index (χ1) is 15.7. The summed E-state index contributed by atoms with van der Waals surface area (Å²) in [6.07, 6.45) is 1.70. The Bertz CT molecular complexity index is 1280. The van der Waals surface area contributed by atoms with Crippen LogP contribution in [-0.4, -0.2) is 35.3 Å². The highest BCUT2D eigenvalue weighted by molar-refractivity contribution is 7.71. The summed E-state index contributed by atoms with van der Waals surface area (Å²) in [4.78, 5) is 0. The van der Waals surface area contributed by atoms with E-state index in [2.05, 4.69) is 15.3 Å². The molecule has 4 aromatic rings. The maximum absolute atomic E-state index is 5.99. The highest BCUT2D eigenvalue weighted by Gasteiger charge is 2.10. The Hall–Kier alpha value is -3.91. The standard InChI is InChI=1S/C24H22N4O3S/c1-29-20-10-6-9-19(14-20)23-26-27-24(32)28(23)25-15-18-11-12-21(30-2)22(13-18)31-16-17-7-4-3-5-8-17/h3-15H,16H2,1-2H3,(H,27,32)/b25-15+. The largest absolute Gasteiger partial charge is 0.497 e. The van der Waals surface area contributed by atoms with Crippen molar-refractivity contribution < 1.29 is 14.2 Å². The fourth-order valence-electron chi connectivity index (χ4n) is 3.09. The molecule has 8 heteroatoms.